The lowest BCUT2D eigenvalue weighted by molar-refractivity contribution is 0.0943. The number of carbonyl (C=O) groups excluding carboxylic acids is 1. The average Bonchev–Trinajstić information content (AvgIpc) is 2.73. The molecule has 4 heteroatoms. The van der Waals surface area contributed by atoms with Crippen LogP contribution in [0.25, 0.3) is 10.1 Å². The molecule has 0 aliphatic rings. The fourth-order valence-corrected chi connectivity index (χ4v) is 3.39. The molecule has 2 aromatic rings. The summed E-state index contributed by atoms with van der Waals surface area (Å²) in [5, 5.41) is 4.02. The molecule has 0 aliphatic heterocycles. The Hall–Kier alpha value is -1.55. The normalized spacial score (nSPS) is 12.6. The molecule has 0 fully saturated rings. The highest BCUT2D eigenvalue weighted by atomic mass is 32.1. The van der Waals surface area contributed by atoms with Crippen LogP contribution < -0.4 is 11.1 Å². The first-order valence-corrected chi connectivity index (χ1v) is 7.94. The highest BCUT2D eigenvalue weighted by Gasteiger charge is 2.17. The maximum Gasteiger partial charge on any atom is 0.263 e. The second-order valence-corrected chi connectivity index (χ2v) is 6.41. The third-order valence-electron chi connectivity index (χ3n) is 3.46. The molecule has 2 rings (SSSR count). The van der Waals surface area contributed by atoms with Gasteiger partial charge in [-0.05, 0) is 31.9 Å². The minimum atomic E-state index is -0.0510. The van der Waals surface area contributed by atoms with E-state index in [1.807, 2.05) is 26.0 Å². The molecule has 0 spiro atoms. The fourth-order valence-electron chi connectivity index (χ4n) is 2.26. The molecule has 20 heavy (non-hydrogen) atoms. The largest absolute Gasteiger partial charge is 0.397 e. The number of nitrogens with two attached hydrogens (primary N) is 1. The summed E-state index contributed by atoms with van der Waals surface area (Å²) in [5.74, 6) is -0.0510. The second-order valence-electron chi connectivity index (χ2n) is 5.36. The number of anilines is 1. The maximum absolute atomic E-state index is 12.3. The highest BCUT2D eigenvalue weighted by Crippen LogP contribution is 2.34. The van der Waals surface area contributed by atoms with Crippen LogP contribution in [0.1, 0.15) is 48.3 Å². The number of aryl methyl sites for hydroxylation is 1. The predicted molar refractivity (Wildman–Crippen MR) is 87.4 cm³/mol. The van der Waals surface area contributed by atoms with Gasteiger partial charge in [0.25, 0.3) is 5.91 Å². The van der Waals surface area contributed by atoms with Gasteiger partial charge in [-0.3, -0.25) is 4.79 Å². The van der Waals surface area contributed by atoms with Crippen LogP contribution in [-0.2, 0) is 0 Å². The molecule has 1 heterocycles. The van der Waals surface area contributed by atoms with E-state index < -0.39 is 0 Å². The molecule has 1 aromatic heterocycles. The monoisotopic (exact) mass is 290 g/mol. The summed E-state index contributed by atoms with van der Waals surface area (Å²) in [6.07, 6.45) is 3.28. The third kappa shape index (κ3) is 3.12. The van der Waals surface area contributed by atoms with E-state index in [9.17, 15) is 4.79 Å². The molecular formula is C16H22N2OS. The van der Waals surface area contributed by atoms with Crippen molar-refractivity contribution >= 4 is 33.0 Å². The first kappa shape index (κ1) is 14.9. The summed E-state index contributed by atoms with van der Waals surface area (Å²) in [5.41, 5.74) is 7.90. The molecule has 1 aromatic carbocycles. The van der Waals surface area contributed by atoms with Crippen molar-refractivity contribution in [1.82, 2.24) is 5.32 Å². The summed E-state index contributed by atoms with van der Waals surface area (Å²) >= 11 is 1.47. The Kier molecular flexibility index (Phi) is 4.65. The first-order valence-electron chi connectivity index (χ1n) is 7.12. The van der Waals surface area contributed by atoms with Crippen LogP contribution in [0.2, 0.25) is 0 Å². The Morgan fingerprint density at radius 3 is 2.90 bits per heavy atom. The standard InChI is InChI=1S/C16H22N2OS/c1-4-5-6-11(3)18-16(19)15-14(17)12-8-7-10(2)9-13(12)20-15/h7-9,11H,4-6,17H2,1-3H3,(H,18,19). The Bertz CT molecular complexity index is 618. The van der Waals surface area contributed by atoms with E-state index in [-0.39, 0.29) is 11.9 Å². The van der Waals surface area contributed by atoms with Gasteiger partial charge in [-0.1, -0.05) is 31.9 Å². The molecule has 0 radical (unpaired) electrons. The van der Waals surface area contributed by atoms with Gasteiger partial charge in [0, 0.05) is 16.1 Å². The number of hydrogen-bond donors (Lipinski definition) is 2. The van der Waals surface area contributed by atoms with Gasteiger partial charge in [-0.2, -0.15) is 0 Å². The van der Waals surface area contributed by atoms with E-state index in [0.29, 0.717) is 10.6 Å². The van der Waals surface area contributed by atoms with E-state index in [1.54, 1.807) is 0 Å². The van der Waals surface area contributed by atoms with E-state index in [0.717, 1.165) is 29.3 Å². The van der Waals surface area contributed by atoms with Gasteiger partial charge in [0.2, 0.25) is 0 Å². The lowest BCUT2D eigenvalue weighted by atomic mass is 10.1. The quantitative estimate of drug-likeness (QED) is 0.871. The van der Waals surface area contributed by atoms with E-state index >= 15 is 0 Å². The van der Waals surface area contributed by atoms with Crippen molar-refractivity contribution in [3.8, 4) is 0 Å². The van der Waals surface area contributed by atoms with E-state index in [2.05, 4.69) is 18.3 Å². The van der Waals surface area contributed by atoms with Gasteiger partial charge in [-0.25, -0.2) is 0 Å². The van der Waals surface area contributed by atoms with Crippen LogP contribution in [0.5, 0.6) is 0 Å². The number of hydrogen-bond acceptors (Lipinski definition) is 3. The number of benzene rings is 1. The van der Waals surface area contributed by atoms with Gasteiger partial charge in [-0.15, -0.1) is 11.3 Å². The molecular weight excluding hydrogens is 268 g/mol. The van der Waals surface area contributed by atoms with Crippen LogP contribution in [0.3, 0.4) is 0 Å². The number of nitrogen functional groups attached to an aromatic ring is 1. The maximum atomic E-state index is 12.3. The topological polar surface area (TPSA) is 55.1 Å². The van der Waals surface area contributed by atoms with Gasteiger partial charge in [0.1, 0.15) is 4.88 Å². The van der Waals surface area contributed by atoms with Crippen molar-refractivity contribution in [3.05, 3.63) is 28.6 Å². The summed E-state index contributed by atoms with van der Waals surface area (Å²) in [6.45, 7) is 6.24. The summed E-state index contributed by atoms with van der Waals surface area (Å²) in [7, 11) is 0. The molecule has 0 saturated carbocycles. The molecule has 0 aliphatic carbocycles. The van der Waals surface area contributed by atoms with Crippen molar-refractivity contribution in [1.29, 1.82) is 0 Å². The van der Waals surface area contributed by atoms with Crippen LogP contribution in [0, 0.1) is 6.92 Å². The number of rotatable bonds is 5. The van der Waals surface area contributed by atoms with Crippen molar-refractivity contribution in [2.45, 2.75) is 46.1 Å². The molecule has 3 N–H and O–H groups in total. The Morgan fingerprint density at radius 2 is 2.20 bits per heavy atom. The van der Waals surface area contributed by atoms with Gasteiger partial charge < -0.3 is 11.1 Å². The van der Waals surface area contributed by atoms with Crippen molar-refractivity contribution in [2.24, 2.45) is 0 Å². The number of nitrogens with one attached hydrogen (secondary N) is 1. The zero-order valence-electron chi connectivity index (χ0n) is 12.3. The molecule has 108 valence electrons. The molecule has 1 amide bonds. The summed E-state index contributed by atoms with van der Waals surface area (Å²) < 4.78 is 1.08. The van der Waals surface area contributed by atoms with Gasteiger partial charge >= 0.3 is 0 Å². The van der Waals surface area contributed by atoms with Gasteiger partial charge in [0.15, 0.2) is 0 Å². The minimum Gasteiger partial charge on any atom is -0.397 e. The smallest absolute Gasteiger partial charge is 0.263 e. The van der Waals surface area contributed by atoms with Crippen LogP contribution in [0.4, 0.5) is 5.69 Å². The summed E-state index contributed by atoms with van der Waals surface area (Å²) in [6, 6.07) is 6.28. The lowest BCUT2D eigenvalue weighted by Crippen LogP contribution is -2.32. The molecule has 1 unspecified atom stereocenters. The predicted octanol–water partition coefficient (Wildman–Crippen LogP) is 4.10. The number of thiophene rings is 1. The SMILES string of the molecule is CCCCC(C)NC(=O)c1sc2cc(C)ccc2c1N. The van der Waals surface area contributed by atoms with Crippen LogP contribution in [0.15, 0.2) is 18.2 Å². The minimum absolute atomic E-state index is 0.0510. The number of fused-ring (bicyclic) bond motifs is 1. The van der Waals surface area contributed by atoms with Crippen LogP contribution >= 0.6 is 11.3 Å². The molecule has 1 atom stereocenters. The highest BCUT2D eigenvalue weighted by molar-refractivity contribution is 7.21. The summed E-state index contributed by atoms with van der Waals surface area (Å²) in [4.78, 5) is 12.9. The van der Waals surface area contributed by atoms with Crippen LogP contribution in [-0.4, -0.2) is 11.9 Å². The van der Waals surface area contributed by atoms with Crippen molar-refractivity contribution < 1.29 is 4.79 Å². The number of carbonyl (C=O) groups is 1. The Balaban J connectivity index is 2.20. The fraction of sp³-hybridized carbons (Fsp3) is 0.438. The van der Waals surface area contributed by atoms with Crippen molar-refractivity contribution in [2.75, 3.05) is 5.73 Å². The Labute approximate surface area is 124 Å². The Morgan fingerprint density at radius 1 is 1.45 bits per heavy atom. The van der Waals surface area contributed by atoms with E-state index in [4.69, 9.17) is 5.73 Å². The molecule has 0 saturated heterocycles. The van der Waals surface area contributed by atoms with Crippen molar-refractivity contribution in [3.63, 3.8) is 0 Å². The van der Waals surface area contributed by atoms with Gasteiger partial charge in [0.05, 0.1) is 5.69 Å². The lowest BCUT2D eigenvalue weighted by Gasteiger charge is -2.12. The third-order valence-corrected chi connectivity index (χ3v) is 4.63. The number of unbranched alkanes of at least 4 members (excludes halogenated alkanes) is 1. The second kappa shape index (κ2) is 6.27. The molecule has 0 bridgehead atoms. The zero-order chi connectivity index (χ0) is 14.7. The first-order chi connectivity index (χ1) is 9.52. The average molecular weight is 290 g/mol. The zero-order valence-corrected chi connectivity index (χ0v) is 13.1. The number of amides is 1. The van der Waals surface area contributed by atoms with E-state index in [1.165, 1.54) is 16.9 Å². The molecule has 3 nitrogen and oxygen atoms in total.